The average Bonchev–Trinajstić information content (AvgIpc) is 2.59. The Bertz CT molecular complexity index is 835. The molecule has 0 radical (unpaired) electrons. The van der Waals surface area contributed by atoms with Crippen LogP contribution < -0.4 is 4.74 Å². The van der Waals surface area contributed by atoms with Crippen LogP contribution in [0.1, 0.15) is 25.0 Å². The highest BCUT2D eigenvalue weighted by molar-refractivity contribution is 6.04. The first-order valence-corrected chi connectivity index (χ1v) is 7.65. The molecule has 0 bridgehead atoms. The number of para-hydroxylation sites is 1. The summed E-state index contributed by atoms with van der Waals surface area (Å²) in [7, 11) is 1.54. The standard InChI is InChI=1S/C19H19N2O3/c1-19(2)18(22)17(21(23-3)14-7-5-4-6-8-14)15-11-13(12-20)9-10-16(15)24-19/h4-11,18,22H,1-3H3/q+1. The molecule has 3 rings (SSSR count). The molecule has 122 valence electrons. The van der Waals surface area contributed by atoms with Crippen molar-refractivity contribution in [3.63, 3.8) is 0 Å². The maximum absolute atomic E-state index is 10.9. The molecule has 0 saturated carbocycles. The highest BCUT2D eigenvalue weighted by Gasteiger charge is 2.47. The monoisotopic (exact) mass is 323 g/mol. The Morgan fingerprint density at radius 2 is 1.92 bits per heavy atom. The number of hydrogen-bond acceptors (Lipinski definition) is 4. The van der Waals surface area contributed by atoms with E-state index in [1.54, 1.807) is 30.0 Å². The number of benzene rings is 2. The number of aliphatic hydroxyl groups is 1. The van der Waals surface area contributed by atoms with Gasteiger partial charge in [0.2, 0.25) is 0 Å². The minimum absolute atomic E-state index is 0.492. The van der Waals surface area contributed by atoms with Crippen molar-refractivity contribution in [1.82, 2.24) is 0 Å². The van der Waals surface area contributed by atoms with Crippen molar-refractivity contribution in [2.75, 3.05) is 7.11 Å². The molecule has 24 heavy (non-hydrogen) atoms. The minimum Gasteiger partial charge on any atom is -0.484 e. The number of ether oxygens (including phenoxy) is 1. The lowest BCUT2D eigenvalue weighted by atomic mass is 9.88. The van der Waals surface area contributed by atoms with Gasteiger partial charge >= 0.3 is 0 Å². The van der Waals surface area contributed by atoms with Crippen LogP contribution in [0.5, 0.6) is 5.75 Å². The zero-order chi connectivity index (χ0) is 17.3. The lowest BCUT2D eigenvalue weighted by Gasteiger charge is -2.35. The smallest absolute Gasteiger partial charge is 0.278 e. The molecule has 0 saturated heterocycles. The van der Waals surface area contributed by atoms with Gasteiger partial charge < -0.3 is 9.84 Å². The van der Waals surface area contributed by atoms with Gasteiger partial charge in [0.05, 0.1) is 17.2 Å². The van der Waals surface area contributed by atoms with Crippen LogP contribution in [0.15, 0.2) is 48.5 Å². The third-order valence-electron chi connectivity index (χ3n) is 4.07. The van der Waals surface area contributed by atoms with Crippen molar-refractivity contribution in [2.45, 2.75) is 25.6 Å². The first-order valence-electron chi connectivity index (χ1n) is 7.65. The third-order valence-corrected chi connectivity index (χ3v) is 4.07. The quantitative estimate of drug-likeness (QED) is 0.682. The molecule has 1 N–H and O–H groups in total. The minimum atomic E-state index is -0.931. The molecular formula is C19H19N2O3+. The molecule has 0 spiro atoms. The first-order chi connectivity index (χ1) is 11.5. The molecule has 0 fully saturated rings. The van der Waals surface area contributed by atoms with Gasteiger partial charge in [-0.2, -0.15) is 5.26 Å². The molecule has 1 aliphatic heterocycles. The largest absolute Gasteiger partial charge is 0.484 e. The molecule has 5 nitrogen and oxygen atoms in total. The Morgan fingerprint density at radius 3 is 2.54 bits per heavy atom. The van der Waals surface area contributed by atoms with Crippen LogP contribution in [0.25, 0.3) is 0 Å². The number of aliphatic hydroxyl groups excluding tert-OH is 1. The van der Waals surface area contributed by atoms with Crippen LogP contribution >= 0.6 is 0 Å². The summed E-state index contributed by atoms with van der Waals surface area (Å²) in [5.74, 6) is 0.609. The van der Waals surface area contributed by atoms with Gasteiger partial charge in [0, 0.05) is 16.9 Å². The van der Waals surface area contributed by atoms with E-state index in [0.29, 0.717) is 22.6 Å². The number of rotatable bonds is 2. The van der Waals surface area contributed by atoms with Gasteiger partial charge in [-0.25, -0.2) is 0 Å². The van der Waals surface area contributed by atoms with Crippen molar-refractivity contribution < 1.29 is 19.4 Å². The molecular weight excluding hydrogens is 304 g/mol. The topological polar surface area (TPSA) is 65.5 Å². The van der Waals surface area contributed by atoms with Crippen LogP contribution in [0.4, 0.5) is 5.69 Å². The maximum atomic E-state index is 10.9. The van der Waals surface area contributed by atoms with Gasteiger partial charge in [-0.1, -0.05) is 18.2 Å². The highest BCUT2D eigenvalue weighted by atomic mass is 16.7. The fourth-order valence-electron chi connectivity index (χ4n) is 2.83. The van der Waals surface area contributed by atoms with E-state index < -0.39 is 11.7 Å². The number of hydrogen-bond donors (Lipinski definition) is 1. The van der Waals surface area contributed by atoms with Crippen molar-refractivity contribution >= 4 is 11.4 Å². The fourth-order valence-corrected chi connectivity index (χ4v) is 2.83. The van der Waals surface area contributed by atoms with E-state index in [1.807, 2.05) is 44.2 Å². The summed E-state index contributed by atoms with van der Waals surface area (Å²) in [6.45, 7) is 3.63. The molecule has 1 heterocycles. The van der Waals surface area contributed by atoms with Crippen molar-refractivity contribution in [3.05, 3.63) is 59.7 Å². The highest BCUT2D eigenvalue weighted by Crippen LogP contribution is 2.35. The first kappa shape index (κ1) is 16.0. The number of fused-ring (bicyclic) bond motifs is 1. The van der Waals surface area contributed by atoms with Crippen LogP contribution in [-0.2, 0) is 4.84 Å². The van der Waals surface area contributed by atoms with E-state index in [2.05, 4.69) is 6.07 Å². The van der Waals surface area contributed by atoms with Gasteiger partial charge in [-0.3, -0.25) is 4.84 Å². The molecule has 0 amide bonds. The zero-order valence-electron chi connectivity index (χ0n) is 13.9. The summed E-state index contributed by atoms with van der Waals surface area (Å²) in [4.78, 5) is 5.57. The second-order valence-electron chi connectivity index (χ2n) is 6.13. The summed E-state index contributed by atoms with van der Waals surface area (Å²) < 4.78 is 7.51. The normalized spacial score (nSPS) is 20.4. The molecule has 0 aromatic heterocycles. The summed E-state index contributed by atoms with van der Waals surface area (Å²) >= 11 is 0. The van der Waals surface area contributed by atoms with E-state index >= 15 is 0 Å². The maximum Gasteiger partial charge on any atom is 0.278 e. The summed E-state index contributed by atoms with van der Waals surface area (Å²) in [5.41, 5.74) is 1.63. The third kappa shape index (κ3) is 2.61. The predicted molar refractivity (Wildman–Crippen MR) is 89.4 cm³/mol. The summed E-state index contributed by atoms with van der Waals surface area (Å²) in [6, 6.07) is 16.8. The molecule has 0 aliphatic carbocycles. The van der Waals surface area contributed by atoms with Crippen molar-refractivity contribution in [1.29, 1.82) is 5.26 Å². The van der Waals surface area contributed by atoms with E-state index in [0.717, 1.165) is 5.69 Å². The Kier molecular flexibility index (Phi) is 4.00. The Hall–Kier alpha value is -2.84. The summed E-state index contributed by atoms with van der Waals surface area (Å²) in [6.07, 6.45) is -0.931. The SMILES string of the molecule is CO[N+](=C1c2cc(C#N)ccc2OC(C)(C)C1O)c1ccccc1. The van der Waals surface area contributed by atoms with Gasteiger partial charge in [0.15, 0.2) is 6.10 Å². The van der Waals surface area contributed by atoms with Crippen molar-refractivity contribution in [3.8, 4) is 11.8 Å². The molecule has 1 atom stereocenters. The lowest BCUT2D eigenvalue weighted by Crippen LogP contribution is -2.52. The van der Waals surface area contributed by atoms with Crippen molar-refractivity contribution in [2.24, 2.45) is 0 Å². The van der Waals surface area contributed by atoms with E-state index in [1.165, 1.54) is 0 Å². The molecule has 1 aliphatic rings. The van der Waals surface area contributed by atoms with E-state index in [9.17, 15) is 10.4 Å². The zero-order valence-corrected chi connectivity index (χ0v) is 13.9. The molecule has 2 aromatic rings. The number of nitriles is 1. The van der Waals surface area contributed by atoms with Gasteiger partial charge in [0.25, 0.3) is 11.4 Å². The fraction of sp³-hybridized carbons (Fsp3) is 0.263. The second kappa shape index (κ2) is 5.99. The Balaban J connectivity index is 2.32. The van der Waals surface area contributed by atoms with Gasteiger partial charge in [-0.05, 0) is 32.0 Å². The lowest BCUT2D eigenvalue weighted by molar-refractivity contribution is -0.721. The van der Waals surface area contributed by atoms with Gasteiger partial charge in [0.1, 0.15) is 18.5 Å². The Morgan fingerprint density at radius 1 is 1.21 bits per heavy atom. The van der Waals surface area contributed by atoms with Crippen LogP contribution in [0, 0.1) is 11.3 Å². The number of nitrogens with zero attached hydrogens (tertiary/aromatic N) is 2. The molecule has 2 aromatic carbocycles. The predicted octanol–water partition coefficient (Wildman–Crippen LogP) is 2.78. The van der Waals surface area contributed by atoms with Crippen LogP contribution in [-0.4, -0.2) is 34.4 Å². The molecule has 5 heteroatoms. The van der Waals surface area contributed by atoms with Gasteiger partial charge in [-0.15, -0.1) is 0 Å². The Labute approximate surface area is 141 Å². The van der Waals surface area contributed by atoms with E-state index in [-0.39, 0.29) is 0 Å². The summed E-state index contributed by atoms with van der Waals surface area (Å²) in [5, 5.41) is 20.1. The van der Waals surface area contributed by atoms with Crippen LogP contribution in [0.3, 0.4) is 0 Å². The van der Waals surface area contributed by atoms with E-state index in [4.69, 9.17) is 9.57 Å². The average molecular weight is 323 g/mol. The second-order valence-corrected chi connectivity index (χ2v) is 6.13. The molecule has 1 unspecified atom stereocenters. The van der Waals surface area contributed by atoms with Crippen LogP contribution in [0.2, 0.25) is 0 Å².